The van der Waals surface area contributed by atoms with Crippen molar-refractivity contribution in [3.63, 3.8) is 0 Å². The maximum Gasteiger partial charge on any atom is 0.123 e. The third-order valence-electron chi connectivity index (χ3n) is 3.75. The SMILES string of the molecule is CCCCCCCCOC1NCC(C(=N)N)CC1N. The van der Waals surface area contributed by atoms with Gasteiger partial charge in [-0.3, -0.25) is 10.7 Å². The summed E-state index contributed by atoms with van der Waals surface area (Å²) in [5.41, 5.74) is 11.5. The molecule has 0 aliphatic carbocycles. The molecule has 1 heterocycles. The molecule has 1 rings (SSSR count). The van der Waals surface area contributed by atoms with E-state index in [1.165, 1.54) is 32.1 Å². The Morgan fingerprint density at radius 1 is 1.26 bits per heavy atom. The molecule has 19 heavy (non-hydrogen) atoms. The minimum absolute atomic E-state index is 0.0592. The Bertz CT molecular complexity index is 260. The van der Waals surface area contributed by atoms with E-state index in [1.807, 2.05) is 0 Å². The van der Waals surface area contributed by atoms with Gasteiger partial charge >= 0.3 is 0 Å². The Morgan fingerprint density at radius 3 is 2.58 bits per heavy atom. The highest BCUT2D eigenvalue weighted by molar-refractivity contribution is 5.80. The Balaban J connectivity index is 2.05. The highest BCUT2D eigenvalue weighted by Crippen LogP contribution is 2.15. The Hall–Kier alpha value is -0.650. The summed E-state index contributed by atoms with van der Waals surface area (Å²) in [6.45, 7) is 3.69. The minimum atomic E-state index is -0.0776. The Kier molecular flexibility index (Phi) is 8.02. The first-order valence-electron chi connectivity index (χ1n) is 7.59. The number of hydrogen-bond acceptors (Lipinski definition) is 4. The van der Waals surface area contributed by atoms with Gasteiger partial charge in [0.25, 0.3) is 0 Å². The Labute approximate surface area is 117 Å². The molecule has 0 aromatic rings. The largest absolute Gasteiger partial charge is 0.387 e. The van der Waals surface area contributed by atoms with Crippen LogP contribution in [0, 0.1) is 11.3 Å². The predicted octanol–water partition coefficient (Wildman–Crippen LogP) is 1.56. The number of ether oxygens (including phenoxy) is 1. The molecule has 0 bridgehead atoms. The summed E-state index contributed by atoms with van der Waals surface area (Å²) in [6.07, 6.45) is 8.25. The third-order valence-corrected chi connectivity index (χ3v) is 3.75. The number of nitrogens with one attached hydrogen (secondary N) is 2. The van der Waals surface area contributed by atoms with E-state index in [0.717, 1.165) is 19.4 Å². The number of nitrogens with two attached hydrogens (primary N) is 2. The highest BCUT2D eigenvalue weighted by atomic mass is 16.5. The van der Waals surface area contributed by atoms with Gasteiger partial charge in [-0.25, -0.2) is 0 Å². The molecule has 0 saturated carbocycles. The van der Waals surface area contributed by atoms with E-state index in [0.29, 0.717) is 6.54 Å². The van der Waals surface area contributed by atoms with Crippen LogP contribution in [0.4, 0.5) is 0 Å². The fraction of sp³-hybridized carbons (Fsp3) is 0.929. The van der Waals surface area contributed by atoms with Crippen LogP contribution in [0.15, 0.2) is 0 Å². The molecule has 5 heteroatoms. The molecule has 1 saturated heterocycles. The standard InChI is InChI=1S/C14H30N4O/c1-2-3-4-5-6-7-8-19-14-12(15)9-11(10-18-14)13(16)17/h11-12,14,18H,2-10,15H2,1H3,(H3,16,17). The molecule has 3 atom stereocenters. The molecule has 0 aromatic carbocycles. The van der Waals surface area contributed by atoms with Crippen LogP contribution in [0.5, 0.6) is 0 Å². The van der Waals surface area contributed by atoms with Crippen molar-refractivity contribution in [2.24, 2.45) is 17.4 Å². The van der Waals surface area contributed by atoms with Crippen LogP contribution in [0.3, 0.4) is 0 Å². The van der Waals surface area contributed by atoms with E-state index in [2.05, 4.69) is 12.2 Å². The van der Waals surface area contributed by atoms with E-state index in [-0.39, 0.29) is 24.0 Å². The van der Waals surface area contributed by atoms with E-state index < -0.39 is 0 Å². The zero-order valence-corrected chi connectivity index (χ0v) is 12.2. The van der Waals surface area contributed by atoms with Gasteiger partial charge in [0, 0.05) is 25.1 Å². The lowest BCUT2D eigenvalue weighted by molar-refractivity contribution is -0.00728. The molecule has 1 fully saturated rings. The molecule has 3 unspecified atom stereocenters. The van der Waals surface area contributed by atoms with Gasteiger partial charge in [-0.05, 0) is 12.8 Å². The zero-order valence-electron chi connectivity index (χ0n) is 12.2. The number of amidine groups is 1. The van der Waals surface area contributed by atoms with Gasteiger partial charge in [0.1, 0.15) is 6.23 Å². The highest BCUT2D eigenvalue weighted by Gasteiger charge is 2.29. The average molecular weight is 270 g/mol. The van der Waals surface area contributed by atoms with Gasteiger partial charge < -0.3 is 16.2 Å². The van der Waals surface area contributed by atoms with Gasteiger partial charge in [0.05, 0.1) is 5.84 Å². The van der Waals surface area contributed by atoms with Crippen LogP contribution in [0.25, 0.3) is 0 Å². The van der Waals surface area contributed by atoms with Crippen molar-refractivity contribution >= 4 is 5.84 Å². The summed E-state index contributed by atoms with van der Waals surface area (Å²) in [7, 11) is 0. The third kappa shape index (κ3) is 6.36. The molecule has 112 valence electrons. The maximum atomic E-state index is 7.43. The second-order valence-electron chi connectivity index (χ2n) is 5.52. The number of rotatable bonds is 9. The molecule has 1 aliphatic heterocycles. The van der Waals surface area contributed by atoms with Crippen LogP contribution in [0.2, 0.25) is 0 Å². The topological polar surface area (TPSA) is 97.1 Å². The lowest BCUT2D eigenvalue weighted by atomic mass is 9.94. The van der Waals surface area contributed by atoms with Crippen LogP contribution < -0.4 is 16.8 Å². The molecule has 0 aromatic heterocycles. The van der Waals surface area contributed by atoms with E-state index in [1.54, 1.807) is 0 Å². The summed E-state index contributed by atoms with van der Waals surface area (Å²) < 4.78 is 5.78. The number of hydrogen-bond donors (Lipinski definition) is 4. The quantitative estimate of drug-likeness (QED) is 0.290. The van der Waals surface area contributed by atoms with Gasteiger partial charge in [0.15, 0.2) is 0 Å². The predicted molar refractivity (Wildman–Crippen MR) is 79.1 cm³/mol. The average Bonchev–Trinajstić information content (AvgIpc) is 2.39. The fourth-order valence-corrected chi connectivity index (χ4v) is 2.46. The van der Waals surface area contributed by atoms with Crippen molar-refractivity contribution < 1.29 is 4.74 Å². The van der Waals surface area contributed by atoms with Gasteiger partial charge in [-0.15, -0.1) is 0 Å². The maximum absolute atomic E-state index is 7.43. The summed E-state index contributed by atoms with van der Waals surface area (Å²) >= 11 is 0. The Morgan fingerprint density at radius 2 is 1.95 bits per heavy atom. The van der Waals surface area contributed by atoms with Crippen molar-refractivity contribution in [2.45, 2.75) is 64.1 Å². The van der Waals surface area contributed by atoms with Crippen molar-refractivity contribution in [2.75, 3.05) is 13.2 Å². The fourth-order valence-electron chi connectivity index (χ4n) is 2.46. The molecule has 0 radical (unpaired) electrons. The van der Waals surface area contributed by atoms with Crippen molar-refractivity contribution in [3.8, 4) is 0 Å². The van der Waals surface area contributed by atoms with E-state index in [9.17, 15) is 0 Å². The normalized spacial score (nSPS) is 27.4. The first-order valence-corrected chi connectivity index (χ1v) is 7.59. The summed E-state index contributed by atoms with van der Waals surface area (Å²) in [5, 5.41) is 10.7. The minimum Gasteiger partial charge on any atom is -0.387 e. The molecule has 5 nitrogen and oxygen atoms in total. The number of piperidine rings is 1. The lowest BCUT2D eigenvalue weighted by Crippen LogP contribution is -2.56. The van der Waals surface area contributed by atoms with Crippen LogP contribution in [-0.2, 0) is 4.74 Å². The molecule has 1 aliphatic rings. The molecule has 6 N–H and O–H groups in total. The first kappa shape index (κ1) is 16.4. The second-order valence-corrected chi connectivity index (χ2v) is 5.52. The van der Waals surface area contributed by atoms with E-state index >= 15 is 0 Å². The van der Waals surface area contributed by atoms with Crippen LogP contribution in [0.1, 0.15) is 51.9 Å². The molecule has 0 spiro atoms. The van der Waals surface area contributed by atoms with E-state index in [4.69, 9.17) is 21.6 Å². The molecular formula is C14H30N4O. The summed E-state index contributed by atoms with van der Waals surface area (Å²) in [4.78, 5) is 0. The monoisotopic (exact) mass is 270 g/mol. The van der Waals surface area contributed by atoms with Crippen molar-refractivity contribution in [3.05, 3.63) is 0 Å². The van der Waals surface area contributed by atoms with Crippen LogP contribution in [-0.4, -0.2) is 31.3 Å². The second kappa shape index (κ2) is 9.28. The van der Waals surface area contributed by atoms with Gasteiger partial charge in [-0.2, -0.15) is 0 Å². The van der Waals surface area contributed by atoms with Crippen LogP contribution >= 0.6 is 0 Å². The molecule has 0 amide bonds. The first-order chi connectivity index (χ1) is 9.15. The zero-order chi connectivity index (χ0) is 14.1. The summed E-state index contributed by atoms with van der Waals surface area (Å²) in [6, 6.07) is -0.0669. The van der Waals surface area contributed by atoms with Gasteiger partial charge in [0.2, 0.25) is 0 Å². The summed E-state index contributed by atoms with van der Waals surface area (Å²) in [5.74, 6) is 0.279. The molecular weight excluding hydrogens is 240 g/mol. The van der Waals surface area contributed by atoms with Crippen molar-refractivity contribution in [1.82, 2.24) is 5.32 Å². The lowest BCUT2D eigenvalue weighted by Gasteiger charge is -2.34. The van der Waals surface area contributed by atoms with Gasteiger partial charge in [-0.1, -0.05) is 39.0 Å². The van der Waals surface area contributed by atoms with Crippen molar-refractivity contribution in [1.29, 1.82) is 5.41 Å². The smallest absolute Gasteiger partial charge is 0.123 e. The number of unbranched alkanes of at least 4 members (excludes halogenated alkanes) is 5.